The molecule has 0 bridgehead atoms. The predicted molar refractivity (Wildman–Crippen MR) is 72.7 cm³/mol. The maximum absolute atomic E-state index is 8.91. The van der Waals surface area contributed by atoms with E-state index in [1.807, 2.05) is 0 Å². The van der Waals surface area contributed by atoms with Crippen LogP contribution in [0.15, 0.2) is 24.3 Å². The SMILES string of the molecule is CCc1ccc(-c2nc(Cl)c(CCO)s2)cc1. The molecule has 0 fully saturated rings. The number of aliphatic hydroxyl groups excluding tert-OH is 1. The number of halogens is 1. The van der Waals surface area contributed by atoms with Gasteiger partial charge in [-0.05, 0) is 12.0 Å². The highest BCUT2D eigenvalue weighted by Crippen LogP contribution is 2.31. The van der Waals surface area contributed by atoms with Gasteiger partial charge >= 0.3 is 0 Å². The van der Waals surface area contributed by atoms with Gasteiger partial charge in [0, 0.05) is 23.5 Å². The molecule has 90 valence electrons. The van der Waals surface area contributed by atoms with Crippen molar-refractivity contribution >= 4 is 22.9 Å². The van der Waals surface area contributed by atoms with Crippen LogP contribution in [0.4, 0.5) is 0 Å². The smallest absolute Gasteiger partial charge is 0.143 e. The fraction of sp³-hybridized carbons (Fsp3) is 0.308. The Morgan fingerprint density at radius 2 is 2.00 bits per heavy atom. The lowest BCUT2D eigenvalue weighted by atomic mass is 10.1. The summed E-state index contributed by atoms with van der Waals surface area (Å²) in [6, 6.07) is 8.35. The molecule has 1 aromatic carbocycles. The third-order valence-electron chi connectivity index (χ3n) is 2.60. The molecule has 0 atom stereocenters. The van der Waals surface area contributed by atoms with Crippen LogP contribution in [0, 0.1) is 0 Å². The van der Waals surface area contributed by atoms with Crippen molar-refractivity contribution < 1.29 is 5.11 Å². The summed E-state index contributed by atoms with van der Waals surface area (Å²) in [5.41, 5.74) is 2.39. The number of nitrogens with zero attached hydrogens (tertiary/aromatic N) is 1. The fourth-order valence-corrected chi connectivity index (χ4v) is 2.89. The van der Waals surface area contributed by atoms with Gasteiger partial charge in [0.2, 0.25) is 0 Å². The Balaban J connectivity index is 2.29. The fourth-order valence-electron chi connectivity index (χ4n) is 1.60. The summed E-state index contributed by atoms with van der Waals surface area (Å²) < 4.78 is 0. The van der Waals surface area contributed by atoms with Crippen LogP contribution < -0.4 is 0 Å². The molecule has 2 nitrogen and oxygen atoms in total. The topological polar surface area (TPSA) is 33.1 Å². The van der Waals surface area contributed by atoms with Crippen molar-refractivity contribution in [1.29, 1.82) is 0 Å². The van der Waals surface area contributed by atoms with E-state index in [1.54, 1.807) is 11.3 Å². The maximum Gasteiger partial charge on any atom is 0.143 e. The molecule has 1 heterocycles. The van der Waals surface area contributed by atoms with E-state index in [2.05, 4.69) is 36.2 Å². The zero-order chi connectivity index (χ0) is 12.3. The molecule has 0 amide bonds. The Morgan fingerprint density at radius 1 is 1.29 bits per heavy atom. The molecule has 0 saturated heterocycles. The largest absolute Gasteiger partial charge is 0.396 e. The molecule has 17 heavy (non-hydrogen) atoms. The van der Waals surface area contributed by atoms with Crippen molar-refractivity contribution in [1.82, 2.24) is 4.98 Å². The van der Waals surface area contributed by atoms with E-state index in [1.165, 1.54) is 5.56 Å². The van der Waals surface area contributed by atoms with Crippen molar-refractivity contribution in [2.75, 3.05) is 6.61 Å². The van der Waals surface area contributed by atoms with Crippen molar-refractivity contribution in [3.05, 3.63) is 39.9 Å². The van der Waals surface area contributed by atoms with E-state index in [0.717, 1.165) is 21.9 Å². The number of benzene rings is 1. The first-order chi connectivity index (χ1) is 8.24. The zero-order valence-corrected chi connectivity index (χ0v) is 11.2. The molecule has 0 saturated carbocycles. The Hall–Kier alpha value is -0.900. The summed E-state index contributed by atoms with van der Waals surface area (Å²) in [4.78, 5) is 5.28. The number of aryl methyl sites for hydroxylation is 1. The molecule has 1 N–H and O–H groups in total. The van der Waals surface area contributed by atoms with E-state index in [4.69, 9.17) is 16.7 Å². The molecule has 4 heteroatoms. The number of thiazole rings is 1. The van der Waals surface area contributed by atoms with E-state index >= 15 is 0 Å². The molecule has 0 aliphatic heterocycles. The van der Waals surface area contributed by atoms with Gasteiger partial charge in [-0.15, -0.1) is 11.3 Å². The minimum Gasteiger partial charge on any atom is -0.396 e. The molecular formula is C13H14ClNOS. The molecule has 0 radical (unpaired) electrons. The van der Waals surface area contributed by atoms with Gasteiger partial charge < -0.3 is 5.11 Å². The van der Waals surface area contributed by atoms with Crippen molar-refractivity contribution in [2.24, 2.45) is 0 Å². The molecule has 0 aliphatic rings. The molecule has 2 aromatic rings. The maximum atomic E-state index is 8.91. The summed E-state index contributed by atoms with van der Waals surface area (Å²) in [6.45, 7) is 2.24. The standard InChI is InChI=1S/C13H14ClNOS/c1-2-9-3-5-10(6-4-9)13-15-12(14)11(17-13)7-8-16/h3-6,16H,2,7-8H2,1H3. The molecule has 0 unspecified atom stereocenters. The third kappa shape index (κ3) is 2.86. The summed E-state index contributed by atoms with van der Waals surface area (Å²) in [5.74, 6) is 0. The normalized spacial score (nSPS) is 10.8. The van der Waals surface area contributed by atoms with Gasteiger partial charge in [0.1, 0.15) is 10.2 Å². The lowest BCUT2D eigenvalue weighted by Gasteiger charge is -1.98. The van der Waals surface area contributed by atoms with Crippen LogP contribution in [0.25, 0.3) is 10.6 Å². The molecule has 0 aliphatic carbocycles. The van der Waals surface area contributed by atoms with Gasteiger partial charge in [0.05, 0.1) is 0 Å². The van der Waals surface area contributed by atoms with E-state index in [9.17, 15) is 0 Å². The Morgan fingerprint density at radius 3 is 2.59 bits per heavy atom. The lowest BCUT2D eigenvalue weighted by Crippen LogP contribution is -1.86. The van der Waals surface area contributed by atoms with Crippen LogP contribution in [0.2, 0.25) is 5.15 Å². The molecule has 0 spiro atoms. The van der Waals surface area contributed by atoms with Gasteiger partial charge in [-0.25, -0.2) is 4.98 Å². The van der Waals surface area contributed by atoms with Gasteiger partial charge in [-0.2, -0.15) is 0 Å². The summed E-state index contributed by atoms with van der Waals surface area (Å²) >= 11 is 7.57. The highest BCUT2D eigenvalue weighted by Gasteiger charge is 2.10. The first-order valence-corrected chi connectivity index (χ1v) is 6.79. The van der Waals surface area contributed by atoms with Crippen molar-refractivity contribution in [3.8, 4) is 10.6 Å². The number of hydrogen-bond donors (Lipinski definition) is 1. The second-order valence-corrected chi connectivity index (χ2v) is 5.20. The average molecular weight is 268 g/mol. The first-order valence-electron chi connectivity index (χ1n) is 5.60. The van der Waals surface area contributed by atoms with Crippen LogP contribution >= 0.6 is 22.9 Å². The van der Waals surface area contributed by atoms with Crippen LogP contribution in [0.3, 0.4) is 0 Å². The monoisotopic (exact) mass is 267 g/mol. The van der Waals surface area contributed by atoms with Crippen LogP contribution in [0.1, 0.15) is 17.4 Å². The van der Waals surface area contributed by atoms with Gasteiger partial charge in [-0.1, -0.05) is 42.8 Å². The Labute approximate surface area is 110 Å². The van der Waals surface area contributed by atoms with Crippen LogP contribution in [0.5, 0.6) is 0 Å². The Bertz CT molecular complexity index is 493. The highest BCUT2D eigenvalue weighted by atomic mass is 35.5. The van der Waals surface area contributed by atoms with Crippen molar-refractivity contribution in [2.45, 2.75) is 19.8 Å². The van der Waals surface area contributed by atoms with E-state index in [-0.39, 0.29) is 6.61 Å². The number of rotatable bonds is 4. The Kier molecular flexibility index (Phi) is 4.15. The van der Waals surface area contributed by atoms with E-state index < -0.39 is 0 Å². The average Bonchev–Trinajstić information content (AvgIpc) is 2.72. The highest BCUT2D eigenvalue weighted by molar-refractivity contribution is 7.15. The second-order valence-electron chi connectivity index (χ2n) is 3.76. The predicted octanol–water partition coefficient (Wildman–Crippen LogP) is 3.56. The minimum absolute atomic E-state index is 0.107. The third-order valence-corrected chi connectivity index (χ3v) is 4.19. The summed E-state index contributed by atoms with van der Waals surface area (Å²) in [5, 5.41) is 10.3. The summed E-state index contributed by atoms with van der Waals surface area (Å²) in [7, 11) is 0. The van der Waals surface area contributed by atoms with Gasteiger partial charge in [-0.3, -0.25) is 0 Å². The van der Waals surface area contributed by atoms with Crippen LogP contribution in [-0.4, -0.2) is 16.7 Å². The van der Waals surface area contributed by atoms with Crippen molar-refractivity contribution in [3.63, 3.8) is 0 Å². The zero-order valence-electron chi connectivity index (χ0n) is 9.61. The first kappa shape index (κ1) is 12.6. The van der Waals surface area contributed by atoms with Crippen LogP contribution in [-0.2, 0) is 12.8 Å². The molecule has 2 rings (SSSR count). The van der Waals surface area contributed by atoms with Gasteiger partial charge in [0.25, 0.3) is 0 Å². The molecular weight excluding hydrogens is 254 g/mol. The number of aliphatic hydroxyl groups is 1. The molecule has 1 aromatic heterocycles. The van der Waals surface area contributed by atoms with E-state index in [0.29, 0.717) is 11.6 Å². The summed E-state index contributed by atoms with van der Waals surface area (Å²) in [6.07, 6.45) is 1.61. The second kappa shape index (κ2) is 5.63. The number of hydrogen-bond acceptors (Lipinski definition) is 3. The number of aromatic nitrogens is 1. The van der Waals surface area contributed by atoms with Gasteiger partial charge in [0.15, 0.2) is 0 Å². The lowest BCUT2D eigenvalue weighted by molar-refractivity contribution is 0.300. The quantitative estimate of drug-likeness (QED) is 0.919. The minimum atomic E-state index is 0.107.